The Labute approximate surface area is 97.8 Å². The van der Waals surface area contributed by atoms with Gasteiger partial charge in [-0.25, -0.2) is 4.39 Å². The van der Waals surface area contributed by atoms with Crippen LogP contribution < -0.4 is 10.1 Å². The van der Waals surface area contributed by atoms with Gasteiger partial charge in [0.15, 0.2) is 11.6 Å². The first kappa shape index (κ1) is 13.2. The van der Waals surface area contributed by atoms with Crippen LogP contribution >= 0.6 is 0 Å². The third-order valence-corrected chi connectivity index (χ3v) is 2.10. The highest BCUT2D eigenvalue weighted by atomic mass is 19.1. The van der Waals surface area contributed by atoms with E-state index in [2.05, 4.69) is 5.32 Å². The van der Waals surface area contributed by atoms with Gasteiger partial charge in [-0.1, -0.05) is 0 Å². The number of hydrogen-bond donors (Lipinski definition) is 3. The Kier molecular flexibility index (Phi) is 4.71. The number of carboxylic acids is 1. The topological polar surface area (TPSA) is 78.8 Å². The van der Waals surface area contributed by atoms with Gasteiger partial charge in [0.05, 0.1) is 19.6 Å². The first-order valence-electron chi connectivity index (χ1n) is 5.00. The van der Waals surface area contributed by atoms with Crippen LogP contribution in [0.5, 0.6) is 5.75 Å². The molecule has 0 heterocycles. The number of ether oxygens (including phenoxy) is 1. The Morgan fingerprint density at radius 2 is 2.29 bits per heavy atom. The fraction of sp³-hybridized carbons (Fsp3) is 0.364. The first-order valence-corrected chi connectivity index (χ1v) is 5.00. The summed E-state index contributed by atoms with van der Waals surface area (Å²) in [6, 6.07) is 4.24. The number of nitrogens with one attached hydrogen (secondary N) is 1. The van der Waals surface area contributed by atoms with E-state index in [-0.39, 0.29) is 18.7 Å². The minimum atomic E-state index is -1.08. The fourth-order valence-electron chi connectivity index (χ4n) is 1.29. The molecule has 0 aromatic heterocycles. The van der Waals surface area contributed by atoms with Gasteiger partial charge in [-0.2, -0.15) is 0 Å². The van der Waals surface area contributed by atoms with Crippen molar-refractivity contribution in [3.8, 4) is 5.75 Å². The van der Waals surface area contributed by atoms with Gasteiger partial charge in [-0.3, -0.25) is 4.79 Å². The molecule has 6 heteroatoms. The average Bonchev–Trinajstić information content (AvgIpc) is 2.25. The van der Waals surface area contributed by atoms with E-state index in [4.69, 9.17) is 9.84 Å². The van der Waals surface area contributed by atoms with Crippen molar-refractivity contribution in [1.82, 2.24) is 0 Å². The maximum Gasteiger partial charge on any atom is 0.306 e. The molecule has 0 aliphatic carbocycles. The van der Waals surface area contributed by atoms with E-state index in [1.54, 1.807) is 6.07 Å². The number of rotatable bonds is 6. The van der Waals surface area contributed by atoms with E-state index in [9.17, 15) is 14.3 Å². The molecule has 94 valence electrons. The second kappa shape index (κ2) is 6.05. The van der Waals surface area contributed by atoms with Crippen molar-refractivity contribution in [1.29, 1.82) is 0 Å². The van der Waals surface area contributed by atoms with Crippen molar-refractivity contribution in [3.05, 3.63) is 24.0 Å². The maximum atomic E-state index is 13.3. The number of carboxylic acid groups (broad SMARTS) is 1. The molecule has 0 fully saturated rings. The van der Waals surface area contributed by atoms with Gasteiger partial charge in [0, 0.05) is 18.3 Å². The Morgan fingerprint density at radius 3 is 2.82 bits per heavy atom. The molecule has 1 unspecified atom stereocenters. The lowest BCUT2D eigenvalue weighted by molar-refractivity contribution is -0.138. The maximum absolute atomic E-state index is 13.3. The van der Waals surface area contributed by atoms with Crippen molar-refractivity contribution in [2.45, 2.75) is 12.5 Å². The molecular weight excluding hydrogens is 229 g/mol. The highest BCUT2D eigenvalue weighted by molar-refractivity contribution is 5.67. The molecule has 1 aromatic rings. The summed E-state index contributed by atoms with van der Waals surface area (Å²) in [5.74, 6) is -1.48. The second-order valence-electron chi connectivity index (χ2n) is 3.48. The average molecular weight is 243 g/mol. The summed E-state index contributed by atoms with van der Waals surface area (Å²) in [7, 11) is 1.36. The number of halogens is 1. The molecule has 0 radical (unpaired) electrons. The van der Waals surface area contributed by atoms with Gasteiger partial charge in [0.2, 0.25) is 0 Å². The van der Waals surface area contributed by atoms with Gasteiger partial charge >= 0.3 is 5.97 Å². The molecule has 0 saturated carbocycles. The van der Waals surface area contributed by atoms with Crippen LogP contribution in [-0.4, -0.2) is 35.9 Å². The minimum Gasteiger partial charge on any atom is -0.494 e. The smallest absolute Gasteiger partial charge is 0.306 e. The first-order chi connectivity index (χ1) is 8.02. The summed E-state index contributed by atoms with van der Waals surface area (Å²) in [5, 5.41) is 20.5. The van der Waals surface area contributed by atoms with Crippen LogP contribution in [0, 0.1) is 5.82 Å². The summed E-state index contributed by atoms with van der Waals surface area (Å²) < 4.78 is 18.0. The van der Waals surface area contributed by atoms with E-state index in [1.807, 2.05) is 0 Å². The normalized spacial score (nSPS) is 11.9. The number of hydrogen-bond acceptors (Lipinski definition) is 4. The number of carbonyl (C=O) groups is 1. The molecular formula is C11H14FNO4. The summed E-state index contributed by atoms with van der Waals surface area (Å²) >= 11 is 0. The molecule has 0 bridgehead atoms. The van der Waals surface area contributed by atoms with Gasteiger partial charge in [0.25, 0.3) is 0 Å². The lowest BCUT2D eigenvalue weighted by Crippen LogP contribution is -2.22. The van der Waals surface area contributed by atoms with Crippen molar-refractivity contribution < 1.29 is 24.1 Å². The molecule has 1 atom stereocenters. The standard InChI is InChI=1S/C11H14FNO4/c1-17-10-3-2-7(4-9(10)12)13-6-8(14)5-11(15)16/h2-4,8,13-14H,5-6H2,1H3,(H,15,16). The summed E-state index contributed by atoms with van der Waals surface area (Å²) in [6.07, 6.45) is -1.37. The third kappa shape index (κ3) is 4.28. The zero-order chi connectivity index (χ0) is 12.8. The van der Waals surface area contributed by atoms with Crippen LogP contribution in [0.25, 0.3) is 0 Å². The molecule has 17 heavy (non-hydrogen) atoms. The summed E-state index contributed by atoms with van der Waals surface area (Å²) in [5.41, 5.74) is 0.452. The lowest BCUT2D eigenvalue weighted by atomic mass is 10.2. The summed E-state index contributed by atoms with van der Waals surface area (Å²) in [4.78, 5) is 10.3. The quantitative estimate of drug-likeness (QED) is 0.696. The number of aliphatic hydroxyl groups excluding tert-OH is 1. The number of aliphatic hydroxyl groups is 1. The zero-order valence-electron chi connectivity index (χ0n) is 9.31. The van der Waals surface area contributed by atoms with Crippen molar-refractivity contribution in [3.63, 3.8) is 0 Å². The zero-order valence-corrected chi connectivity index (χ0v) is 9.31. The van der Waals surface area contributed by atoms with Crippen LogP contribution in [0.2, 0.25) is 0 Å². The Balaban J connectivity index is 2.52. The largest absolute Gasteiger partial charge is 0.494 e. The molecule has 0 saturated heterocycles. The number of anilines is 1. The van der Waals surface area contributed by atoms with E-state index in [1.165, 1.54) is 19.2 Å². The lowest BCUT2D eigenvalue weighted by Gasteiger charge is -2.11. The van der Waals surface area contributed by atoms with E-state index >= 15 is 0 Å². The Hall–Kier alpha value is -1.82. The van der Waals surface area contributed by atoms with Crippen molar-refractivity contribution in [2.75, 3.05) is 19.0 Å². The number of methoxy groups -OCH3 is 1. The van der Waals surface area contributed by atoms with Crippen LogP contribution in [0.4, 0.5) is 10.1 Å². The highest BCUT2D eigenvalue weighted by Gasteiger charge is 2.09. The fourth-order valence-corrected chi connectivity index (χ4v) is 1.29. The monoisotopic (exact) mass is 243 g/mol. The van der Waals surface area contributed by atoms with Gasteiger partial charge in [-0.05, 0) is 12.1 Å². The number of benzene rings is 1. The van der Waals surface area contributed by atoms with Crippen LogP contribution in [0.3, 0.4) is 0 Å². The van der Waals surface area contributed by atoms with E-state index < -0.39 is 17.9 Å². The predicted molar refractivity (Wildman–Crippen MR) is 59.7 cm³/mol. The van der Waals surface area contributed by atoms with Gasteiger partial charge < -0.3 is 20.3 Å². The number of aliphatic carboxylic acids is 1. The molecule has 1 rings (SSSR count). The SMILES string of the molecule is COc1ccc(NCC(O)CC(=O)O)cc1F. The van der Waals surface area contributed by atoms with Crippen molar-refractivity contribution >= 4 is 11.7 Å². The molecule has 0 aliphatic heterocycles. The molecule has 0 amide bonds. The highest BCUT2D eigenvalue weighted by Crippen LogP contribution is 2.20. The predicted octanol–water partition coefficient (Wildman–Crippen LogP) is 1.08. The van der Waals surface area contributed by atoms with E-state index in [0.29, 0.717) is 5.69 Å². The van der Waals surface area contributed by atoms with Crippen molar-refractivity contribution in [2.24, 2.45) is 0 Å². The van der Waals surface area contributed by atoms with Gasteiger partial charge in [0.1, 0.15) is 0 Å². The van der Waals surface area contributed by atoms with Crippen LogP contribution in [0.15, 0.2) is 18.2 Å². The Morgan fingerprint density at radius 1 is 1.59 bits per heavy atom. The molecule has 0 aliphatic rings. The van der Waals surface area contributed by atoms with Crippen LogP contribution in [0.1, 0.15) is 6.42 Å². The minimum absolute atomic E-state index is 0.0398. The van der Waals surface area contributed by atoms with Gasteiger partial charge in [-0.15, -0.1) is 0 Å². The molecule has 0 spiro atoms. The van der Waals surface area contributed by atoms with Crippen LogP contribution in [-0.2, 0) is 4.79 Å². The van der Waals surface area contributed by atoms with E-state index in [0.717, 1.165) is 0 Å². The molecule has 3 N–H and O–H groups in total. The Bertz CT molecular complexity index is 397. The molecule has 5 nitrogen and oxygen atoms in total. The second-order valence-corrected chi connectivity index (χ2v) is 3.48. The summed E-state index contributed by atoms with van der Waals surface area (Å²) in [6.45, 7) is 0.0398. The molecule has 1 aromatic carbocycles. The third-order valence-electron chi connectivity index (χ3n) is 2.10.